The molecule has 0 spiro atoms. The largest absolute Gasteiger partial charge is 0.322 e. The van der Waals surface area contributed by atoms with Gasteiger partial charge in [-0.05, 0) is 25.6 Å². The molecule has 2 aromatic rings. The molecule has 0 unspecified atom stereocenters. The van der Waals surface area contributed by atoms with Crippen molar-refractivity contribution in [1.29, 1.82) is 5.26 Å². The third kappa shape index (κ3) is 2.67. The van der Waals surface area contributed by atoms with E-state index in [0.29, 0.717) is 18.5 Å². The van der Waals surface area contributed by atoms with Crippen LogP contribution in [-0.2, 0) is 16.4 Å². The van der Waals surface area contributed by atoms with Crippen molar-refractivity contribution in [2.75, 3.05) is 18.6 Å². The summed E-state index contributed by atoms with van der Waals surface area (Å²) in [7, 11) is -0.959. The van der Waals surface area contributed by atoms with Gasteiger partial charge in [-0.3, -0.25) is 4.90 Å². The second kappa shape index (κ2) is 5.17. The molecule has 0 saturated carbocycles. The molecule has 2 aromatic heterocycles. The maximum Gasteiger partial charge on any atom is 0.151 e. The number of aromatic nitrogens is 1. The molecule has 5 nitrogen and oxygen atoms in total. The molecule has 0 radical (unpaired) electrons. The van der Waals surface area contributed by atoms with E-state index in [1.165, 1.54) is 0 Å². The number of sulfone groups is 1. The Hall–Kier alpha value is -1.84. The lowest BCUT2D eigenvalue weighted by atomic mass is 10.1. The van der Waals surface area contributed by atoms with Crippen LogP contribution < -0.4 is 0 Å². The molecule has 6 heteroatoms. The molecule has 0 amide bonds. The Bertz CT molecular complexity index is 817. The van der Waals surface area contributed by atoms with Gasteiger partial charge in [-0.1, -0.05) is 6.07 Å². The summed E-state index contributed by atoms with van der Waals surface area (Å²) in [5.41, 5.74) is 2.50. The van der Waals surface area contributed by atoms with Crippen LogP contribution in [0.25, 0.3) is 5.52 Å². The molecule has 1 aliphatic rings. The van der Waals surface area contributed by atoms with Gasteiger partial charge in [0, 0.05) is 30.5 Å². The molecule has 1 aliphatic heterocycles. The predicted octanol–water partition coefficient (Wildman–Crippen LogP) is 1.43. The highest BCUT2D eigenvalue weighted by molar-refractivity contribution is 7.91. The summed E-state index contributed by atoms with van der Waals surface area (Å²) in [6, 6.07) is 8.06. The van der Waals surface area contributed by atoms with E-state index in [-0.39, 0.29) is 17.5 Å². The van der Waals surface area contributed by atoms with E-state index in [0.717, 1.165) is 11.1 Å². The Morgan fingerprint density at radius 2 is 2.29 bits per heavy atom. The fraction of sp³-hybridized carbons (Fsp3) is 0.400. The average molecular weight is 303 g/mol. The van der Waals surface area contributed by atoms with Gasteiger partial charge in [0.25, 0.3) is 0 Å². The summed E-state index contributed by atoms with van der Waals surface area (Å²) in [5.74, 6) is 0.490. The maximum atomic E-state index is 11.6. The van der Waals surface area contributed by atoms with E-state index in [1.807, 2.05) is 46.9 Å². The molecule has 21 heavy (non-hydrogen) atoms. The third-order valence-corrected chi connectivity index (χ3v) is 5.88. The summed E-state index contributed by atoms with van der Waals surface area (Å²) < 4.78 is 25.1. The minimum Gasteiger partial charge on any atom is -0.322 e. The highest BCUT2D eigenvalue weighted by Gasteiger charge is 2.31. The summed E-state index contributed by atoms with van der Waals surface area (Å²) >= 11 is 0. The fourth-order valence-electron chi connectivity index (χ4n) is 2.95. The van der Waals surface area contributed by atoms with Crippen molar-refractivity contribution in [1.82, 2.24) is 9.30 Å². The molecular weight excluding hydrogens is 286 g/mol. The van der Waals surface area contributed by atoms with Crippen molar-refractivity contribution < 1.29 is 8.42 Å². The van der Waals surface area contributed by atoms with Crippen molar-refractivity contribution in [3.05, 3.63) is 41.7 Å². The highest BCUT2D eigenvalue weighted by atomic mass is 32.2. The summed E-state index contributed by atoms with van der Waals surface area (Å²) in [6.45, 7) is 0.588. The zero-order valence-corrected chi connectivity index (χ0v) is 12.7. The molecule has 0 N–H and O–H groups in total. The van der Waals surface area contributed by atoms with Crippen molar-refractivity contribution in [2.24, 2.45) is 0 Å². The molecule has 0 aromatic carbocycles. The first-order valence-corrected chi connectivity index (χ1v) is 8.71. The van der Waals surface area contributed by atoms with E-state index < -0.39 is 9.84 Å². The van der Waals surface area contributed by atoms with Crippen LogP contribution in [0.1, 0.15) is 17.5 Å². The first kappa shape index (κ1) is 14.1. The minimum absolute atomic E-state index is 0.0459. The first-order valence-electron chi connectivity index (χ1n) is 6.89. The maximum absolute atomic E-state index is 11.6. The molecule has 1 saturated heterocycles. The standard InChI is InChI=1S/C15H17N3O2S/c1-17(13-5-7-21(19,20)11-13)9-12-10-18-6-3-2-4-15(18)14(12)8-16/h2-4,6,10,13H,5,7,9,11H2,1H3/t13-/m1/s1. The molecule has 110 valence electrons. The van der Waals surface area contributed by atoms with Crippen LogP contribution in [0.2, 0.25) is 0 Å². The van der Waals surface area contributed by atoms with Gasteiger partial charge in [0.1, 0.15) is 6.07 Å². The molecule has 3 heterocycles. The Morgan fingerprint density at radius 3 is 2.95 bits per heavy atom. The van der Waals surface area contributed by atoms with Gasteiger partial charge in [0.2, 0.25) is 0 Å². The monoisotopic (exact) mass is 303 g/mol. The van der Waals surface area contributed by atoms with E-state index in [2.05, 4.69) is 6.07 Å². The van der Waals surface area contributed by atoms with Crippen LogP contribution in [0.5, 0.6) is 0 Å². The Kier molecular flexibility index (Phi) is 3.47. The van der Waals surface area contributed by atoms with Crippen LogP contribution in [0.4, 0.5) is 0 Å². The zero-order chi connectivity index (χ0) is 15.0. The van der Waals surface area contributed by atoms with Crippen molar-refractivity contribution in [2.45, 2.75) is 19.0 Å². The van der Waals surface area contributed by atoms with E-state index in [1.54, 1.807) is 0 Å². The number of nitrogens with zero attached hydrogens (tertiary/aromatic N) is 3. The van der Waals surface area contributed by atoms with Crippen LogP contribution >= 0.6 is 0 Å². The zero-order valence-electron chi connectivity index (χ0n) is 11.9. The second-order valence-corrected chi connectivity index (χ2v) is 7.83. The van der Waals surface area contributed by atoms with Crippen LogP contribution in [0.3, 0.4) is 0 Å². The van der Waals surface area contributed by atoms with Crippen LogP contribution in [0.15, 0.2) is 30.6 Å². The number of rotatable bonds is 3. The first-order chi connectivity index (χ1) is 10.00. The predicted molar refractivity (Wildman–Crippen MR) is 80.6 cm³/mol. The molecule has 0 bridgehead atoms. The van der Waals surface area contributed by atoms with Gasteiger partial charge in [-0.25, -0.2) is 8.42 Å². The van der Waals surface area contributed by atoms with E-state index in [4.69, 9.17) is 0 Å². The quantitative estimate of drug-likeness (QED) is 0.860. The van der Waals surface area contributed by atoms with E-state index in [9.17, 15) is 13.7 Å². The summed E-state index contributed by atoms with van der Waals surface area (Å²) in [6.07, 6.45) is 4.54. The number of hydrogen-bond acceptors (Lipinski definition) is 4. The molecular formula is C15H17N3O2S. The minimum atomic E-state index is -2.88. The van der Waals surface area contributed by atoms with Crippen molar-refractivity contribution in [3.63, 3.8) is 0 Å². The summed E-state index contributed by atoms with van der Waals surface area (Å²) in [5, 5.41) is 9.39. The molecule has 3 rings (SSSR count). The third-order valence-electron chi connectivity index (χ3n) is 4.13. The Balaban J connectivity index is 1.87. The topological polar surface area (TPSA) is 65.6 Å². The van der Waals surface area contributed by atoms with E-state index >= 15 is 0 Å². The molecule has 1 atom stereocenters. The average Bonchev–Trinajstić information content (AvgIpc) is 2.98. The lowest BCUT2D eigenvalue weighted by Gasteiger charge is -2.22. The van der Waals surface area contributed by atoms with Crippen LogP contribution in [-0.4, -0.2) is 42.3 Å². The van der Waals surface area contributed by atoms with Gasteiger partial charge in [-0.2, -0.15) is 5.26 Å². The number of hydrogen-bond donors (Lipinski definition) is 0. The van der Waals surface area contributed by atoms with Crippen LogP contribution in [0, 0.1) is 11.3 Å². The van der Waals surface area contributed by atoms with Gasteiger partial charge >= 0.3 is 0 Å². The summed E-state index contributed by atoms with van der Waals surface area (Å²) in [4.78, 5) is 2.04. The van der Waals surface area contributed by atoms with Gasteiger partial charge in [-0.15, -0.1) is 0 Å². The molecule has 1 fully saturated rings. The van der Waals surface area contributed by atoms with Crippen molar-refractivity contribution >= 4 is 15.4 Å². The highest BCUT2D eigenvalue weighted by Crippen LogP contribution is 2.22. The SMILES string of the molecule is CN(Cc1cn2ccccc2c1C#N)[C@@H]1CCS(=O)(=O)C1. The van der Waals surface area contributed by atoms with Crippen molar-refractivity contribution in [3.8, 4) is 6.07 Å². The fourth-order valence-corrected chi connectivity index (χ4v) is 4.75. The lowest BCUT2D eigenvalue weighted by molar-refractivity contribution is 0.254. The normalized spacial score (nSPS) is 20.9. The Morgan fingerprint density at radius 1 is 1.48 bits per heavy atom. The second-order valence-electron chi connectivity index (χ2n) is 5.61. The Labute approximate surface area is 124 Å². The van der Waals surface area contributed by atoms with Gasteiger partial charge < -0.3 is 4.40 Å². The van der Waals surface area contributed by atoms with Gasteiger partial charge in [0.05, 0.1) is 22.6 Å². The number of fused-ring (bicyclic) bond motifs is 1. The smallest absolute Gasteiger partial charge is 0.151 e. The molecule has 0 aliphatic carbocycles. The number of nitriles is 1. The van der Waals surface area contributed by atoms with Gasteiger partial charge in [0.15, 0.2) is 9.84 Å². The lowest BCUT2D eigenvalue weighted by Crippen LogP contribution is -2.32. The number of pyridine rings is 1.